The van der Waals surface area contributed by atoms with Crippen molar-refractivity contribution in [2.24, 2.45) is 0 Å². The fourth-order valence-corrected chi connectivity index (χ4v) is 1.77. The van der Waals surface area contributed by atoms with Gasteiger partial charge in [0.25, 0.3) is 5.91 Å². The number of nitrogens with one attached hydrogen (secondary N) is 1. The minimum atomic E-state index is -4.51. The average molecular weight is 339 g/mol. The SMILES string of the molecule is O=C(COc1ccc(C(F)(F)F)nc1Br)NC1CC1. The molecule has 1 aromatic heterocycles. The van der Waals surface area contributed by atoms with Gasteiger partial charge in [0.05, 0.1) is 0 Å². The van der Waals surface area contributed by atoms with Crippen molar-refractivity contribution < 1.29 is 22.7 Å². The fraction of sp³-hybridized carbons (Fsp3) is 0.455. The molecule has 1 saturated carbocycles. The molecule has 104 valence electrons. The Morgan fingerprint density at radius 3 is 2.68 bits per heavy atom. The largest absolute Gasteiger partial charge is 0.481 e. The minimum absolute atomic E-state index is 0.0819. The molecule has 0 radical (unpaired) electrons. The Labute approximate surface area is 115 Å². The maximum Gasteiger partial charge on any atom is 0.433 e. The van der Waals surface area contributed by atoms with Crippen LogP contribution >= 0.6 is 15.9 Å². The lowest BCUT2D eigenvalue weighted by atomic mass is 10.3. The number of hydrogen-bond donors (Lipinski definition) is 1. The molecule has 4 nitrogen and oxygen atoms in total. The third-order valence-corrected chi connectivity index (χ3v) is 2.97. The molecule has 1 aromatic rings. The summed E-state index contributed by atoms with van der Waals surface area (Å²) in [4.78, 5) is 14.7. The lowest BCUT2D eigenvalue weighted by molar-refractivity contribution is -0.141. The number of hydrogen-bond acceptors (Lipinski definition) is 3. The summed E-state index contributed by atoms with van der Waals surface area (Å²) in [5.41, 5.74) is -1.02. The molecule has 1 amide bonds. The molecule has 0 bridgehead atoms. The number of halogens is 4. The third-order valence-electron chi connectivity index (χ3n) is 2.41. The van der Waals surface area contributed by atoms with E-state index in [4.69, 9.17) is 4.74 Å². The zero-order valence-corrected chi connectivity index (χ0v) is 11.2. The number of rotatable bonds is 4. The van der Waals surface area contributed by atoms with Crippen LogP contribution < -0.4 is 10.1 Å². The Kier molecular flexibility index (Phi) is 3.98. The van der Waals surface area contributed by atoms with Gasteiger partial charge in [0, 0.05) is 6.04 Å². The normalized spacial score (nSPS) is 15.2. The number of aromatic nitrogens is 1. The van der Waals surface area contributed by atoms with Crippen LogP contribution in [-0.2, 0) is 11.0 Å². The number of carbonyl (C=O) groups excluding carboxylic acids is 1. The average Bonchev–Trinajstić information content (AvgIpc) is 3.10. The van der Waals surface area contributed by atoms with Gasteiger partial charge >= 0.3 is 6.18 Å². The van der Waals surface area contributed by atoms with Crippen LogP contribution in [0.1, 0.15) is 18.5 Å². The van der Waals surface area contributed by atoms with E-state index in [0.717, 1.165) is 25.0 Å². The molecular formula is C11H10BrF3N2O2. The zero-order valence-electron chi connectivity index (χ0n) is 9.63. The van der Waals surface area contributed by atoms with E-state index in [1.54, 1.807) is 0 Å². The topological polar surface area (TPSA) is 51.2 Å². The van der Waals surface area contributed by atoms with Crippen molar-refractivity contribution in [3.05, 3.63) is 22.4 Å². The molecule has 19 heavy (non-hydrogen) atoms. The Morgan fingerprint density at radius 1 is 1.47 bits per heavy atom. The van der Waals surface area contributed by atoms with Gasteiger partial charge in [-0.3, -0.25) is 4.79 Å². The van der Waals surface area contributed by atoms with Gasteiger partial charge < -0.3 is 10.1 Å². The second-order valence-electron chi connectivity index (χ2n) is 4.11. The Morgan fingerprint density at radius 2 is 2.16 bits per heavy atom. The Balaban J connectivity index is 1.94. The summed E-state index contributed by atoms with van der Waals surface area (Å²) in [6.45, 7) is -0.248. The first-order valence-corrected chi connectivity index (χ1v) is 6.31. The number of amides is 1. The van der Waals surface area contributed by atoms with Crippen molar-refractivity contribution in [1.29, 1.82) is 0 Å². The summed E-state index contributed by atoms with van der Waals surface area (Å²) >= 11 is 2.89. The van der Waals surface area contributed by atoms with Gasteiger partial charge in [-0.1, -0.05) is 0 Å². The van der Waals surface area contributed by atoms with Gasteiger partial charge in [0.15, 0.2) is 12.4 Å². The third kappa shape index (κ3) is 4.09. The number of nitrogens with zero attached hydrogens (tertiary/aromatic N) is 1. The molecule has 1 aliphatic rings. The molecule has 1 fully saturated rings. The Bertz CT molecular complexity index is 489. The van der Waals surface area contributed by atoms with Gasteiger partial charge in [-0.15, -0.1) is 0 Å². The lowest BCUT2D eigenvalue weighted by Crippen LogP contribution is -2.30. The minimum Gasteiger partial charge on any atom is -0.481 e. The van der Waals surface area contributed by atoms with E-state index in [-0.39, 0.29) is 28.9 Å². The molecule has 0 atom stereocenters. The molecular weight excluding hydrogens is 329 g/mol. The maximum atomic E-state index is 12.4. The van der Waals surface area contributed by atoms with Crippen LogP contribution in [0.4, 0.5) is 13.2 Å². The van der Waals surface area contributed by atoms with E-state index >= 15 is 0 Å². The molecule has 8 heteroatoms. The number of alkyl halides is 3. The van der Waals surface area contributed by atoms with Crippen molar-refractivity contribution in [2.75, 3.05) is 6.61 Å². The van der Waals surface area contributed by atoms with Gasteiger partial charge in [-0.05, 0) is 40.9 Å². The first-order chi connectivity index (χ1) is 8.86. The van der Waals surface area contributed by atoms with Crippen LogP contribution in [0.15, 0.2) is 16.7 Å². The maximum absolute atomic E-state index is 12.4. The van der Waals surface area contributed by atoms with E-state index in [2.05, 4.69) is 26.2 Å². The van der Waals surface area contributed by atoms with E-state index in [9.17, 15) is 18.0 Å². The lowest BCUT2D eigenvalue weighted by Gasteiger charge is -2.10. The van der Waals surface area contributed by atoms with Crippen LogP contribution in [0.25, 0.3) is 0 Å². The first-order valence-electron chi connectivity index (χ1n) is 5.52. The van der Waals surface area contributed by atoms with E-state index in [1.807, 2.05) is 0 Å². The molecule has 2 rings (SSSR count). The smallest absolute Gasteiger partial charge is 0.433 e. The molecule has 1 aliphatic carbocycles. The second-order valence-corrected chi connectivity index (χ2v) is 4.86. The van der Waals surface area contributed by atoms with Crippen molar-refractivity contribution in [3.8, 4) is 5.75 Å². The molecule has 1 N–H and O–H groups in total. The molecule has 0 aliphatic heterocycles. The van der Waals surface area contributed by atoms with E-state index < -0.39 is 11.9 Å². The van der Waals surface area contributed by atoms with E-state index in [0.29, 0.717) is 0 Å². The fourth-order valence-electron chi connectivity index (χ4n) is 1.33. The predicted molar refractivity (Wildman–Crippen MR) is 63.6 cm³/mol. The van der Waals surface area contributed by atoms with Gasteiger partial charge in [-0.25, -0.2) is 4.98 Å². The molecule has 0 saturated heterocycles. The van der Waals surface area contributed by atoms with Crippen LogP contribution in [0.5, 0.6) is 5.75 Å². The summed E-state index contributed by atoms with van der Waals surface area (Å²) in [6.07, 6.45) is -2.60. The highest BCUT2D eigenvalue weighted by atomic mass is 79.9. The van der Waals surface area contributed by atoms with Crippen LogP contribution in [0, 0.1) is 0 Å². The van der Waals surface area contributed by atoms with Gasteiger partial charge in [0.2, 0.25) is 0 Å². The summed E-state index contributed by atoms with van der Waals surface area (Å²) in [5, 5.41) is 2.70. The standard InChI is InChI=1S/C11H10BrF3N2O2/c12-10-7(3-4-8(17-10)11(13,14)15)19-5-9(18)16-6-1-2-6/h3-4,6H,1-2,5H2,(H,16,18). The number of ether oxygens (including phenoxy) is 1. The van der Waals surface area contributed by atoms with Crippen molar-refractivity contribution in [3.63, 3.8) is 0 Å². The van der Waals surface area contributed by atoms with E-state index in [1.165, 1.54) is 0 Å². The highest BCUT2D eigenvalue weighted by Crippen LogP contribution is 2.31. The highest BCUT2D eigenvalue weighted by molar-refractivity contribution is 9.10. The second kappa shape index (κ2) is 5.36. The van der Waals surface area contributed by atoms with Gasteiger partial charge in [-0.2, -0.15) is 13.2 Å². The van der Waals surface area contributed by atoms with Crippen LogP contribution in [0.2, 0.25) is 0 Å². The summed E-state index contributed by atoms with van der Waals surface area (Å²) in [6, 6.07) is 2.15. The predicted octanol–water partition coefficient (Wildman–Crippen LogP) is 2.52. The monoisotopic (exact) mass is 338 g/mol. The Hall–Kier alpha value is -1.31. The van der Waals surface area contributed by atoms with Crippen molar-refractivity contribution in [1.82, 2.24) is 10.3 Å². The molecule has 0 spiro atoms. The van der Waals surface area contributed by atoms with Crippen LogP contribution in [0.3, 0.4) is 0 Å². The molecule has 0 unspecified atom stereocenters. The van der Waals surface area contributed by atoms with Gasteiger partial charge in [0.1, 0.15) is 10.3 Å². The quantitative estimate of drug-likeness (QED) is 0.858. The van der Waals surface area contributed by atoms with Crippen molar-refractivity contribution in [2.45, 2.75) is 25.1 Å². The van der Waals surface area contributed by atoms with Crippen LogP contribution in [-0.4, -0.2) is 23.5 Å². The zero-order chi connectivity index (χ0) is 14.0. The number of pyridine rings is 1. The summed E-state index contributed by atoms with van der Waals surface area (Å²) < 4.78 is 42.2. The van der Waals surface area contributed by atoms with Crippen molar-refractivity contribution >= 4 is 21.8 Å². The summed E-state index contributed by atoms with van der Waals surface area (Å²) in [5.74, 6) is -0.201. The molecule has 0 aromatic carbocycles. The summed E-state index contributed by atoms with van der Waals surface area (Å²) in [7, 11) is 0. The highest BCUT2D eigenvalue weighted by Gasteiger charge is 2.33. The first kappa shape index (κ1) is 14.1. The number of carbonyl (C=O) groups is 1. The molecule has 1 heterocycles.